The fraction of sp³-hybridized carbons (Fsp3) is 0.630. The van der Waals surface area contributed by atoms with E-state index in [1.165, 1.54) is 83.5 Å². The van der Waals surface area contributed by atoms with E-state index >= 15 is 0 Å². The first-order chi connectivity index (χ1) is 15.7. The minimum Gasteiger partial charge on any atom is -0.393 e. The Morgan fingerprint density at radius 3 is 1.84 bits per heavy atom. The second-order valence-corrected chi connectivity index (χ2v) is 8.88. The van der Waals surface area contributed by atoms with Crippen molar-refractivity contribution in [2.24, 2.45) is 0 Å². The highest BCUT2D eigenvalue weighted by molar-refractivity contribution is 5.78. The molecular formula is C27H45N5. The van der Waals surface area contributed by atoms with Crippen LogP contribution in [-0.2, 0) is 0 Å². The third-order valence-corrected chi connectivity index (χ3v) is 6.15. The molecular weight excluding hydrogens is 394 g/mol. The largest absolute Gasteiger partial charge is 0.393 e. The van der Waals surface area contributed by atoms with Gasteiger partial charge in [0.05, 0.1) is 0 Å². The topological polar surface area (TPSA) is 67.1 Å². The summed E-state index contributed by atoms with van der Waals surface area (Å²) in [5.41, 5.74) is 8.01. The molecule has 0 atom stereocenters. The van der Waals surface area contributed by atoms with Gasteiger partial charge in [-0.05, 0) is 18.6 Å². The number of nitrogen functional groups attached to an aromatic ring is 1. The zero-order chi connectivity index (χ0) is 22.9. The molecule has 1 heterocycles. The second kappa shape index (κ2) is 16.3. The third kappa shape index (κ3) is 9.88. The number of hydrogen-bond donors (Lipinski definition) is 2. The van der Waals surface area contributed by atoms with E-state index in [1.54, 1.807) is 6.33 Å². The van der Waals surface area contributed by atoms with E-state index in [0.717, 1.165) is 30.3 Å². The molecule has 0 saturated carbocycles. The molecule has 0 aliphatic rings. The van der Waals surface area contributed by atoms with Crippen molar-refractivity contribution < 1.29 is 0 Å². The number of nitrogens with zero attached hydrogens (tertiary/aromatic N) is 3. The van der Waals surface area contributed by atoms with Crippen molar-refractivity contribution in [1.29, 1.82) is 0 Å². The quantitative estimate of drug-likeness (QED) is 0.233. The van der Waals surface area contributed by atoms with E-state index in [-0.39, 0.29) is 0 Å². The first-order valence-corrected chi connectivity index (χ1v) is 12.9. The van der Waals surface area contributed by atoms with Crippen LogP contribution in [-0.4, -0.2) is 23.6 Å². The molecule has 0 saturated heterocycles. The Kier molecular flexibility index (Phi) is 13.3. The smallest absolute Gasteiger partial charge is 0.161 e. The summed E-state index contributed by atoms with van der Waals surface area (Å²) in [4.78, 5) is 10.7. The van der Waals surface area contributed by atoms with Crippen molar-refractivity contribution in [1.82, 2.24) is 9.97 Å². The van der Waals surface area contributed by atoms with Gasteiger partial charge in [0.1, 0.15) is 12.0 Å². The molecule has 32 heavy (non-hydrogen) atoms. The van der Waals surface area contributed by atoms with Gasteiger partial charge < -0.3 is 16.0 Å². The summed E-state index contributed by atoms with van der Waals surface area (Å²) in [6, 6.07) is 10.1. The van der Waals surface area contributed by atoms with Crippen LogP contribution in [0.25, 0.3) is 0 Å². The van der Waals surface area contributed by atoms with E-state index in [2.05, 4.69) is 22.2 Å². The summed E-state index contributed by atoms with van der Waals surface area (Å²) < 4.78 is 0. The molecule has 2 aromatic rings. The normalized spacial score (nSPS) is 10.9. The van der Waals surface area contributed by atoms with Crippen molar-refractivity contribution in [2.45, 2.75) is 96.8 Å². The van der Waals surface area contributed by atoms with Gasteiger partial charge in [0.2, 0.25) is 0 Å². The number of aromatic nitrogens is 2. The minimum atomic E-state index is 0.601. The average Bonchev–Trinajstić information content (AvgIpc) is 2.82. The molecule has 5 heteroatoms. The molecule has 0 unspecified atom stereocenters. The Balaban J connectivity index is 1.53. The fourth-order valence-electron chi connectivity index (χ4n) is 4.09. The average molecular weight is 440 g/mol. The fourth-order valence-corrected chi connectivity index (χ4v) is 4.09. The molecule has 0 radical (unpaired) electrons. The van der Waals surface area contributed by atoms with E-state index < -0.39 is 0 Å². The summed E-state index contributed by atoms with van der Waals surface area (Å²) >= 11 is 0. The first kappa shape index (κ1) is 26.0. The molecule has 1 aromatic carbocycles. The highest BCUT2D eigenvalue weighted by Gasteiger charge is 2.13. The number of benzene rings is 1. The van der Waals surface area contributed by atoms with E-state index in [1.807, 2.05) is 42.3 Å². The van der Waals surface area contributed by atoms with Gasteiger partial charge in [-0.2, -0.15) is 0 Å². The number of unbranched alkanes of at least 4 members (excludes halogenated alkanes) is 13. The minimum absolute atomic E-state index is 0.601. The van der Waals surface area contributed by atoms with Gasteiger partial charge in [0.25, 0.3) is 0 Å². The zero-order valence-corrected chi connectivity index (χ0v) is 20.5. The summed E-state index contributed by atoms with van der Waals surface area (Å²) in [5.74, 6) is 1.46. The van der Waals surface area contributed by atoms with Crippen LogP contribution in [0.5, 0.6) is 0 Å². The number of nitrogens with two attached hydrogens (primary N) is 1. The maximum absolute atomic E-state index is 6.35. The lowest BCUT2D eigenvalue weighted by molar-refractivity contribution is 0.537. The molecule has 0 fully saturated rings. The summed E-state index contributed by atoms with van der Waals surface area (Å²) in [6.45, 7) is 3.18. The van der Waals surface area contributed by atoms with Gasteiger partial charge in [0, 0.05) is 19.3 Å². The van der Waals surface area contributed by atoms with Crippen LogP contribution in [0.2, 0.25) is 0 Å². The van der Waals surface area contributed by atoms with Crippen molar-refractivity contribution >= 4 is 23.0 Å². The Morgan fingerprint density at radius 2 is 1.28 bits per heavy atom. The lowest BCUT2D eigenvalue weighted by Gasteiger charge is -2.21. The Morgan fingerprint density at radius 1 is 0.750 bits per heavy atom. The molecule has 3 N–H and O–H groups in total. The molecule has 1 aromatic heterocycles. The van der Waals surface area contributed by atoms with Crippen LogP contribution in [0, 0.1) is 0 Å². The van der Waals surface area contributed by atoms with Gasteiger partial charge in [-0.25, -0.2) is 9.97 Å². The maximum Gasteiger partial charge on any atom is 0.161 e. The summed E-state index contributed by atoms with van der Waals surface area (Å²) in [7, 11) is 1.98. The van der Waals surface area contributed by atoms with E-state index in [0.29, 0.717) is 5.69 Å². The Labute approximate surface area is 196 Å². The molecule has 0 bridgehead atoms. The first-order valence-electron chi connectivity index (χ1n) is 12.9. The second-order valence-electron chi connectivity index (χ2n) is 8.88. The molecule has 0 aliphatic carbocycles. The predicted octanol–water partition coefficient (Wildman–Crippen LogP) is 7.72. The number of rotatable bonds is 18. The molecule has 178 valence electrons. The highest BCUT2D eigenvalue weighted by atomic mass is 15.2. The van der Waals surface area contributed by atoms with Crippen LogP contribution < -0.4 is 16.0 Å². The van der Waals surface area contributed by atoms with Gasteiger partial charge >= 0.3 is 0 Å². The lowest BCUT2D eigenvalue weighted by Crippen LogP contribution is -2.16. The number of nitrogens with one attached hydrogen (secondary N) is 1. The van der Waals surface area contributed by atoms with Gasteiger partial charge in [0.15, 0.2) is 11.6 Å². The number of anilines is 4. The van der Waals surface area contributed by atoms with Crippen LogP contribution in [0.3, 0.4) is 0 Å². The molecule has 5 nitrogen and oxygen atoms in total. The summed E-state index contributed by atoms with van der Waals surface area (Å²) in [5, 5.41) is 3.40. The van der Waals surface area contributed by atoms with E-state index in [4.69, 9.17) is 5.73 Å². The standard InChI is InChI=1S/C27H45N5/c1-3-4-5-6-7-8-9-10-11-12-13-14-15-19-22-29-26-25(28)27(31-23-30-26)32(2)24-20-17-16-18-21-24/h16-18,20-21,23H,3-15,19,22,28H2,1-2H3,(H,29,30,31). The van der Waals surface area contributed by atoms with Gasteiger partial charge in [-0.3, -0.25) is 0 Å². The number of hydrogen-bond acceptors (Lipinski definition) is 5. The van der Waals surface area contributed by atoms with Crippen LogP contribution in [0.4, 0.5) is 23.0 Å². The van der Waals surface area contributed by atoms with Crippen LogP contribution in [0.15, 0.2) is 36.7 Å². The molecule has 2 rings (SSSR count). The third-order valence-electron chi connectivity index (χ3n) is 6.15. The Hall–Kier alpha value is -2.30. The van der Waals surface area contributed by atoms with Crippen molar-refractivity contribution in [3.8, 4) is 0 Å². The molecule has 0 amide bonds. The Bertz CT molecular complexity index is 719. The SMILES string of the molecule is CCCCCCCCCCCCCCCCNc1ncnc(N(C)c2ccccc2)c1N. The van der Waals surface area contributed by atoms with Gasteiger partial charge in [-0.1, -0.05) is 109 Å². The highest BCUT2D eigenvalue weighted by Crippen LogP contribution is 2.30. The van der Waals surface area contributed by atoms with Crippen molar-refractivity contribution in [2.75, 3.05) is 29.5 Å². The molecule has 0 aliphatic heterocycles. The monoisotopic (exact) mass is 439 g/mol. The van der Waals surface area contributed by atoms with Crippen LogP contribution >= 0.6 is 0 Å². The maximum atomic E-state index is 6.35. The zero-order valence-electron chi connectivity index (χ0n) is 20.5. The predicted molar refractivity (Wildman–Crippen MR) is 140 cm³/mol. The summed E-state index contributed by atoms with van der Waals surface area (Å²) in [6.07, 6.45) is 20.8. The van der Waals surface area contributed by atoms with Gasteiger partial charge in [-0.15, -0.1) is 0 Å². The molecule has 0 spiro atoms. The van der Waals surface area contributed by atoms with Crippen molar-refractivity contribution in [3.05, 3.63) is 36.7 Å². The van der Waals surface area contributed by atoms with Crippen LogP contribution in [0.1, 0.15) is 96.8 Å². The number of para-hydroxylation sites is 1. The van der Waals surface area contributed by atoms with E-state index in [9.17, 15) is 0 Å². The lowest BCUT2D eigenvalue weighted by atomic mass is 10.0. The van der Waals surface area contributed by atoms with Crippen molar-refractivity contribution in [3.63, 3.8) is 0 Å².